The molecule has 2 heterocycles. The summed E-state index contributed by atoms with van der Waals surface area (Å²) in [6.45, 7) is 4.04. The van der Waals surface area contributed by atoms with Crippen molar-refractivity contribution in [2.24, 2.45) is 23.2 Å². The largest absolute Gasteiger partial charge is 0.345 e. The van der Waals surface area contributed by atoms with Gasteiger partial charge in [-0.2, -0.15) is 0 Å². The van der Waals surface area contributed by atoms with Gasteiger partial charge in [-0.25, -0.2) is 9.37 Å². The number of hydrogen-bond donors (Lipinski definition) is 1. The van der Waals surface area contributed by atoms with Gasteiger partial charge in [0.2, 0.25) is 5.91 Å². The number of carbonyl (C=O) groups excluding carboxylic acids is 2. The molecule has 0 radical (unpaired) electrons. The van der Waals surface area contributed by atoms with Crippen LogP contribution in [0.4, 0.5) is 10.2 Å². The van der Waals surface area contributed by atoms with E-state index in [2.05, 4.69) is 15.3 Å². The Kier molecular flexibility index (Phi) is 6.27. The standard InChI is InChI=1S/C29H33FN4O2/c1-29(2,28(36)33-26-8-5-17(16-32-26)27(35)34(3)4)21-13-18-11-20(12-19(18)14-21)23-9-10-31-25-7-6-22(30)15-24(23)25/h5-10,15-16,18-21H,11-14H2,1-4H3,(H,32,33,36)/t18-,19+,20-,21+. The molecule has 6 nitrogen and oxygen atoms in total. The molecule has 5 rings (SSSR count). The van der Waals surface area contributed by atoms with E-state index in [1.807, 2.05) is 26.1 Å². The van der Waals surface area contributed by atoms with Gasteiger partial charge in [0.25, 0.3) is 5.91 Å². The summed E-state index contributed by atoms with van der Waals surface area (Å²) in [6, 6.07) is 10.2. The second kappa shape index (κ2) is 9.26. The van der Waals surface area contributed by atoms with Crippen molar-refractivity contribution in [3.05, 3.63) is 65.7 Å². The second-order valence-electron chi connectivity index (χ2n) is 11.2. The van der Waals surface area contributed by atoms with Gasteiger partial charge in [0, 0.05) is 37.3 Å². The predicted octanol–water partition coefficient (Wildman–Crippen LogP) is 5.66. The Morgan fingerprint density at radius 1 is 1.00 bits per heavy atom. The van der Waals surface area contributed by atoms with Crippen LogP contribution in [0.25, 0.3) is 10.9 Å². The maximum absolute atomic E-state index is 13.9. The zero-order chi connectivity index (χ0) is 25.6. The molecule has 36 heavy (non-hydrogen) atoms. The number of rotatable bonds is 5. The number of hydrogen-bond acceptors (Lipinski definition) is 4. The first-order valence-corrected chi connectivity index (χ1v) is 12.7. The summed E-state index contributed by atoms with van der Waals surface area (Å²) in [7, 11) is 3.39. The lowest BCUT2D eigenvalue weighted by atomic mass is 9.75. The van der Waals surface area contributed by atoms with Gasteiger partial charge in [-0.3, -0.25) is 14.6 Å². The Labute approximate surface area is 211 Å². The van der Waals surface area contributed by atoms with E-state index in [9.17, 15) is 14.0 Å². The highest BCUT2D eigenvalue weighted by atomic mass is 19.1. The first-order chi connectivity index (χ1) is 17.1. The summed E-state index contributed by atoms with van der Waals surface area (Å²) < 4.78 is 13.9. The van der Waals surface area contributed by atoms with Crippen LogP contribution in [0.3, 0.4) is 0 Å². The van der Waals surface area contributed by atoms with E-state index in [1.54, 1.807) is 38.4 Å². The fourth-order valence-corrected chi connectivity index (χ4v) is 6.27. The number of aromatic nitrogens is 2. The Hall–Kier alpha value is -3.35. The van der Waals surface area contributed by atoms with E-state index in [1.165, 1.54) is 22.7 Å². The molecule has 0 unspecified atom stereocenters. The van der Waals surface area contributed by atoms with Crippen LogP contribution in [0, 0.1) is 29.0 Å². The molecule has 4 atom stereocenters. The molecule has 1 aromatic carbocycles. The molecule has 0 bridgehead atoms. The maximum atomic E-state index is 13.9. The van der Waals surface area contributed by atoms with Crippen molar-refractivity contribution in [2.45, 2.75) is 45.4 Å². The summed E-state index contributed by atoms with van der Waals surface area (Å²) in [5.41, 5.74) is 1.99. The van der Waals surface area contributed by atoms with Crippen molar-refractivity contribution in [3.8, 4) is 0 Å². The minimum absolute atomic E-state index is 0.0428. The molecule has 0 saturated heterocycles. The van der Waals surface area contributed by atoms with Crippen molar-refractivity contribution >= 4 is 28.5 Å². The zero-order valence-electron chi connectivity index (χ0n) is 21.3. The predicted molar refractivity (Wildman–Crippen MR) is 138 cm³/mol. The monoisotopic (exact) mass is 488 g/mol. The van der Waals surface area contributed by atoms with Crippen LogP contribution in [-0.2, 0) is 4.79 Å². The lowest BCUT2D eigenvalue weighted by Crippen LogP contribution is -2.37. The highest BCUT2D eigenvalue weighted by molar-refractivity contribution is 5.96. The van der Waals surface area contributed by atoms with Crippen molar-refractivity contribution in [2.75, 3.05) is 19.4 Å². The highest BCUT2D eigenvalue weighted by Gasteiger charge is 2.49. The number of fused-ring (bicyclic) bond motifs is 2. The molecule has 2 aliphatic carbocycles. The lowest BCUT2D eigenvalue weighted by Gasteiger charge is -2.31. The topological polar surface area (TPSA) is 75.2 Å². The van der Waals surface area contributed by atoms with Crippen molar-refractivity contribution in [3.63, 3.8) is 0 Å². The number of amides is 2. The van der Waals surface area contributed by atoms with Crippen LogP contribution >= 0.6 is 0 Å². The minimum Gasteiger partial charge on any atom is -0.345 e. The van der Waals surface area contributed by atoms with Crippen LogP contribution in [0.5, 0.6) is 0 Å². The van der Waals surface area contributed by atoms with Gasteiger partial charge >= 0.3 is 0 Å². The molecule has 2 aromatic heterocycles. The smallest absolute Gasteiger partial charge is 0.254 e. The average Bonchev–Trinajstić information content (AvgIpc) is 3.43. The van der Waals surface area contributed by atoms with Crippen LogP contribution in [0.1, 0.15) is 61.4 Å². The lowest BCUT2D eigenvalue weighted by molar-refractivity contribution is -0.126. The first kappa shape index (κ1) is 24.3. The average molecular weight is 489 g/mol. The number of carbonyl (C=O) groups is 2. The van der Waals surface area contributed by atoms with Crippen LogP contribution in [0.2, 0.25) is 0 Å². The maximum Gasteiger partial charge on any atom is 0.254 e. The third kappa shape index (κ3) is 4.47. The Morgan fingerprint density at radius 3 is 2.36 bits per heavy atom. The molecular formula is C29H33FN4O2. The molecule has 7 heteroatoms. The summed E-state index contributed by atoms with van der Waals surface area (Å²) >= 11 is 0. The molecule has 0 spiro atoms. The van der Waals surface area contributed by atoms with Crippen LogP contribution in [-0.4, -0.2) is 40.8 Å². The highest BCUT2D eigenvalue weighted by Crippen LogP contribution is 2.56. The van der Waals surface area contributed by atoms with Crippen LogP contribution < -0.4 is 5.32 Å². The Bertz CT molecular complexity index is 1290. The van der Waals surface area contributed by atoms with Gasteiger partial charge in [0.05, 0.1) is 11.1 Å². The Morgan fingerprint density at radius 2 is 1.72 bits per heavy atom. The van der Waals surface area contributed by atoms with Gasteiger partial charge in [-0.05, 0) is 91.3 Å². The molecule has 2 saturated carbocycles. The SMILES string of the molecule is CN(C)C(=O)c1ccc(NC(=O)C(C)(C)[C@H]2C[C@H]3C[C@@H](c4ccnc5ccc(F)cc45)C[C@H]3C2)nc1. The van der Waals surface area contributed by atoms with Gasteiger partial charge in [-0.1, -0.05) is 13.8 Å². The van der Waals surface area contributed by atoms with E-state index >= 15 is 0 Å². The number of nitrogens with one attached hydrogen (secondary N) is 1. The number of nitrogens with zero attached hydrogens (tertiary/aromatic N) is 3. The zero-order valence-corrected chi connectivity index (χ0v) is 21.3. The van der Waals surface area contributed by atoms with E-state index in [0.717, 1.165) is 36.6 Å². The molecular weight excluding hydrogens is 455 g/mol. The van der Waals surface area contributed by atoms with E-state index in [4.69, 9.17) is 0 Å². The minimum atomic E-state index is -0.536. The summed E-state index contributed by atoms with van der Waals surface area (Å²) in [6.07, 6.45) is 7.50. The second-order valence-corrected chi connectivity index (χ2v) is 11.2. The number of halogens is 1. The molecule has 3 aromatic rings. The fraction of sp³-hybridized carbons (Fsp3) is 0.448. The first-order valence-electron chi connectivity index (χ1n) is 12.7. The molecule has 1 N–H and O–H groups in total. The van der Waals surface area contributed by atoms with Crippen LogP contribution in [0.15, 0.2) is 48.8 Å². The third-order valence-electron chi connectivity index (χ3n) is 8.46. The number of anilines is 1. The molecule has 2 aliphatic rings. The summed E-state index contributed by atoms with van der Waals surface area (Å²) in [4.78, 5) is 35.5. The van der Waals surface area contributed by atoms with Crippen molar-refractivity contribution in [1.82, 2.24) is 14.9 Å². The summed E-state index contributed by atoms with van der Waals surface area (Å²) in [5.74, 6) is 1.89. The van der Waals surface area contributed by atoms with E-state index in [-0.39, 0.29) is 23.5 Å². The molecule has 188 valence electrons. The van der Waals surface area contributed by atoms with Gasteiger partial charge in [0.1, 0.15) is 11.6 Å². The molecule has 2 amide bonds. The third-order valence-corrected chi connectivity index (χ3v) is 8.46. The van der Waals surface area contributed by atoms with Gasteiger partial charge in [0.15, 0.2) is 0 Å². The fourth-order valence-electron chi connectivity index (χ4n) is 6.27. The summed E-state index contributed by atoms with van der Waals surface area (Å²) in [5, 5.41) is 3.88. The number of benzene rings is 1. The van der Waals surface area contributed by atoms with Gasteiger partial charge < -0.3 is 10.2 Å². The molecule has 0 aliphatic heterocycles. The normalized spacial score (nSPS) is 23.5. The number of pyridine rings is 2. The van der Waals surface area contributed by atoms with Gasteiger partial charge in [-0.15, -0.1) is 0 Å². The molecule has 2 fully saturated rings. The van der Waals surface area contributed by atoms with Crippen molar-refractivity contribution < 1.29 is 14.0 Å². The van der Waals surface area contributed by atoms with E-state index < -0.39 is 5.41 Å². The Balaban J connectivity index is 1.24. The quantitative estimate of drug-likeness (QED) is 0.503. The van der Waals surface area contributed by atoms with Crippen molar-refractivity contribution in [1.29, 1.82) is 0 Å². The van der Waals surface area contributed by atoms with E-state index in [0.29, 0.717) is 29.1 Å².